The molecule has 84 valence electrons. The second-order valence-corrected chi connectivity index (χ2v) is 4.35. The molecule has 0 aliphatic heterocycles. The molecule has 5 nitrogen and oxygen atoms in total. The van der Waals surface area contributed by atoms with Crippen LogP contribution in [-0.4, -0.2) is 26.9 Å². The van der Waals surface area contributed by atoms with E-state index < -0.39 is 28.5 Å². The lowest BCUT2D eigenvalue weighted by Crippen LogP contribution is -2.33. The van der Waals surface area contributed by atoms with Crippen molar-refractivity contribution >= 4 is 11.4 Å². The lowest BCUT2D eigenvalue weighted by atomic mass is 10.2. The quantitative estimate of drug-likeness (QED) is 0.757. The Kier molecular flexibility index (Phi) is 4.40. The topological polar surface area (TPSA) is 84.1 Å². The molecule has 1 aromatic heterocycles. The van der Waals surface area contributed by atoms with E-state index in [0.717, 1.165) is 12.4 Å². The molecule has 1 rings (SSSR count). The minimum Gasteiger partial charge on any atom is -0.598 e. The molecule has 0 saturated carbocycles. The van der Waals surface area contributed by atoms with Crippen molar-refractivity contribution in [2.75, 3.05) is 7.11 Å². The van der Waals surface area contributed by atoms with Crippen LogP contribution in [0.3, 0.4) is 0 Å². The van der Waals surface area contributed by atoms with Gasteiger partial charge in [-0.15, -0.1) is 0 Å². The molecule has 0 aliphatic carbocycles. The first-order valence-corrected chi connectivity index (χ1v) is 5.49. The van der Waals surface area contributed by atoms with Gasteiger partial charge < -0.3 is 9.29 Å². The van der Waals surface area contributed by atoms with Gasteiger partial charge in [0.25, 0.3) is 0 Å². The van der Waals surface area contributed by atoms with Crippen molar-refractivity contribution in [2.45, 2.75) is 18.3 Å². The van der Waals surface area contributed by atoms with Crippen LogP contribution in [0.4, 0.5) is 4.39 Å². The van der Waals surface area contributed by atoms with Crippen molar-refractivity contribution in [3.8, 4) is 0 Å². The Bertz CT molecular complexity index is 309. The van der Waals surface area contributed by atoms with E-state index in [2.05, 4.69) is 9.97 Å². The van der Waals surface area contributed by atoms with Crippen LogP contribution in [0.1, 0.15) is 18.9 Å². The highest BCUT2D eigenvalue weighted by molar-refractivity contribution is 7.89. The first kappa shape index (κ1) is 12.3. The second-order valence-electron chi connectivity index (χ2n) is 2.95. The minimum absolute atomic E-state index is 0.269. The highest BCUT2D eigenvalue weighted by Crippen LogP contribution is 2.20. The first-order valence-electron chi connectivity index (χ1n) is 4.21. The Morgan fingerprint density at radius 1 is 1.53 bits per heavy atom. The molecule has 3 atom stereocenters. The molecule has 7 heteroatoms. The molecule has 0 aliphatic rings. The molecular weight excluding hydrogens is 221 g/mol. The highest BCUT2D eigenvalue weighted by atomic mass is 32.2. The van der Waals surface area contributed by atoms with E-state index in [0.29, 0.717) is 0 Å². The van der Waals surface area contributed by atoms with Gasteiger partial charge in [-0.25, -0.2) is 14.4 Å². The third kappa shape index (κ3) is 3.10. The third-order valence-electron chi connectivity index (χ3n) is 1.94. The van der Waals surface area contributed by atoms with Crippen molar-refractivity contribution in [3.63, 3.8) is 0 Å². The Hall–Kier alpha value is -0.760. The number of rotatable bonds is 4. The average molecular weight is 233 g/mol. The SMILES string of the molecule is CO[C@H](c1ncc(F)cn1)[C@H](C)[S+](N)[O-]. The summed E-state index contributed by atoms with van der Waals surface area (Å²) in [5.74, 6) is -0.264. The Balaban J connectivity index is 2.87. The van der Waals surface area contributed by atoms with Gasteiger partial charge in [-0.05, 0) is 6.92 Å². The lowest BCUT2D eigenvalue weighted by Gasteiger charge is -2.20. The summed E-state index contributed by atoms with van der Waals surface area (Å²) in [4.78, 5) is 7.50. The van der Waals surface area contributed by atoms with E-state index in [9.17, 15) is 8.94 Å². The van der Waals surface area contributed by atoms with Crippen LogP contribution >= 0.6 is 0 Å². The number of halogens is 1. The smallest absolute Gasteiger partial charge is 0.165 e. The number of hydrogen-bond donors (Lipinski definition) is 1. The van der Waals surface area contributed by atoms with Crippen LogP contribution in [0.15, 0.2) is 12.4 Å². The third-order valence-corrected chi connectivity index (χ3v) is 2.92. The maximum atomic E-state index is 12.6. The monoisotopic (exact) mass is 233 g/mol. The molecule has 0 fully saturated rings. The molecule has 0 aromatic carbocycles. The molecule has 0 radical (unpaired) electrons. The fourth-order valence-corrected chi connectivity index (χ4v) is 1.57. The van der Waals surface area contributed by atoms with Crippen LogP contribution < -0.4 is 5.14 Å². The molecule has 2 N–H and O–H groups in total. The van der Waals surface area contributed by atoms with Gasteiger partial charge in [-0.3, -0.25) is 0 Å². The first-order chi connectivity index (χ1) is 7.06. The van der Waals surface area contributed by atoms with Crippen LogP contribution in [-0.2, 0) is 16.1 Å². The van der Waals surface area contributed by atoms with Gasteiger partial charge in [0, 0.05) is 18.5 Å². The van der Waals surface area contributed by atoms with E-state index in [4.69, 9.17) is 9.88 Å². The zero-order valence-corrected chi connectivity index (χ0v) is 9.20. The summed E-state index contributed by atoms with van der Waals surface area (Å²) < 4.78 is 28.7. The van der Waals surface area contributed by atoms with Crippen LogP contribution in [0.25, 0.3) is 0 Å². The number of methoxy groups -OCH3 is 1. The van der Waals surface area contributed by atoms with Crippen LogP contribution in [0, 0.1) is 5.82 Å². The number of aromatic nitrogens is 2. The Morgan fingerprint density at radius 2 is 2.07 bits per heavy atom. The van der Waals surface area contributed by atoms with Gasteiger partial charge in [0.2, 0.25) is 0 Å². The van der Waals surface area contributed by atoms with Crippen LogP contribution in [0.5, 0.6) is 0 Å². The number of ether oxygens (including phenoxy) is 1. The Morgan fingerprint density at radius 3 is 2.47 bits per heavy atom. The summed E-state index contributed by atoms with van der Waals surface area (Å²) in [6.07, 6.45) is 1.46. The molecule has 0 amide bonds. The van der Waals surface area contributed by atoms with Gasteiger partial charge in [0.05, 0.1) is 12.4 Å². The highest BCUT2D eigenvalue weighted by Gasteiger charge is 2.29. The molecule has 0 bridgehead atoms. The maximum Gasteiger partial charge on any atom is 0.165 e. The number of nitrogens with zero attached hydrogens (tertiary/aromatic N) is 2. The molecule has 0 saturated heterocycles. The molecule has 15 heavy (non-hydrogen) atoms. The number of hydrogen-bond acceptors (Lipinski definition) is 5. The van der Waals surface area contributed by atoms with Crippen molar-refractivity contribution in [1.29, 1.82) is 0 Å². The fourth-order valence-electron chi connectivity index (χ4n) is 1.10. The molecule has 0 spiro atoms. The van der Waals surface area contributed by atoms with Crippen LogP contribution in [0.2, 0.25) is 0 Å². The Labute approximate surface area is 90.2 Å². The van der Waals surface area contributed by atoms with Crippen molar-refractivity contribution in [1.82, 2.24) is 9.97 Å². The standard InChI is InChI=1S/C8H12FN3O2S/c1-5(15(10)13)7(14-2)8-11-3-6(9)4-12-8/h3-5,7H,10H2,1-2H3/t5-,7-,15?/m0/s1. The van der Waals surface area contributed by atoms with Gasteiger partial charge >= 0.3 is 0 Å². The molecule has 1 unspecified atom stereocenters. The molecular formula is C8H12FN3O2S. The maximum absolute atomic E-state index is 12.6. The summed E-state index contributed by atoms with van der Waals surface area (Å²) in [5.41, 5.74) is 0. The lowest BCUT2D eigenvalue weighted by molar-refractivity contribution is 0.0946. The second kappa shape index (κ2) is 5.36. The summed E-state index contributed by atoms with van der Waals surface area (Å²) in [6, 6.07) is 0. The van der Waals surface area contributed by atoms with Crippen molar-refractivity contribution < 1.29 is 13.7 Å². The van der Waals surface area contributed by atoms with E-state index in [1.54, 1.807) is 6.92 Å². The van der Waals surface area contributed by atoms with Gasteiger partial charge in [-0.2, -0.15) is 5.14 Å². The van der Waals surface area contributed by atoms with Gasteiger partial charge in [0.1, 0.15) is 0 Å². The summed E-state index contributed by atoms with van der Waals surface area (Å²) in [7, 11) is 1.43. The van der Waals surface area contributed by atoms with Crippen molar-refractivity contribution in [2.24, 2.45) is 5.14 Å². The molecule has 1 heterocycles. The van der Waals surface area contributed by atoms with E-state index in [-0.39, 0.29) is 5.82 Å². The van der Waals surface area contributed by atoms with Gasteiger partial charge in [-0.1, -0.05) is 0 Å². The average Bonchev–Trinajstić information content (AvgIpc) is 2.21. The summed E-state index contributed by atoms with van der Waals surface area (Å²) in [5, 5.41) is 4.78. The van der Waals surface area contributed by atoms with E-state index in [1.807, 2.05) is 0 Å². The predicted octanol–water partition coefficient (Wildman–Crippen LogP) is 0.314. The zero-order valence-electron chi connectivity index (χ0n) is 8.38. The van der Waals surface area contributed by atoms with E-state index >= 15 is 0 Å². The summed E-state index contributed by atoms with van der Waals surface area (Å²) in [6.45, 7) is 1.65. The van der Waals surface area contributed by atoms with Crippen molar-refractivity contribution in [3.05, 3.63) is 24.0 Å². The fraction of sp³-hybridized carbons (Fsp3) is 0.500. The largest absolute Gasteiger partial charge is 0.598 e. The van der Waals surface area contributed by atoms with E-state index in [1.165, 1.54) is 7.11 Å². The minimum atomic E-state index is -1.54. The normalized spacial score (nSPS) is 17.1. The zero-order chi connectivity index (χ0) is 11.4. The predicted molar refractivity (Wildman–Crippen MR) is 53.5 cm³/mol. The molecule has 1 aromatic rings. The van der Waals surface area contributed by atoms with Gasteiger partial charge in [0.15, 0.2) is 23.0 Å². The number of nitrogens with two attached hydrogens (primary N) is 1. The summed E-state index contributed by atoms with van der Waals surface area (Å²) >= 11 is -1.54.